The van der Waals surface area contributed by atoms with Gasteiger partial charge in [-0.05, 0) is 25.7 Å². The highest BCUT2D eigenvalue weighted by Gasteiger charge is 2.31. The van der Waals surface area contributed by atoms with Gasteiger partial charge in [-0.2, -0.15) is 0 Å². The average Bonchev–Trinajstić information content (AvgIpc) is 2.84. The standard InChI is InChI=1S/C13H26N2O/c1-10(2)14-13-4-6-15(8-13)11(3)12-5-7-16-9-12/h10-14H,4-9H2,1-3H3. The van der Waals surface area contributed by atoms with Crippen molar-refractivity contribution in [3.63, 3.8) is 0 Å². The Balaban J connectivity index is 1.78. The second-order valence-electron chi connectivity index (χ2n) is 5.67. The van der Waals surface area contributed by atoms with Crippen molar-refractivity contribution in [2.45, 2.75) is 51.7 Å². The van der Waals surface area contributed by atoms with Crippen LogP contribution in [0.5, 0.6) is 0 Å². The van der Waals surface area contributed by atoms with Gasteiger partial charge in [-0.15, -0.1) is 0 Å². The lowest BCUT2D eigenvalue weighted by Crippen LogP contribution is -2.41. The number of likely N-dealkylation sites (tertiary alicyclic amines) is 1. The third kappa shape index (κ3) is 2.96. The SMILES string of the molecule is CC(C)NC1CCN(C(C)C2CCOC2)C1. The summed E-state index contributed by atoms with van der Waals surface area (Å²) < 4.78 is 5.49. The molecule has 3 atom stereocenters. The van der Waals surface area contributed by atoms with E-state index < -0.39 is 0 Å². The zero-order chi connectivity index (χ0) is 11.5. The summed E-state index contributed by atoms with van der Waals surface area (Å²) in [7, 11) is 0. The minimum Gasteiger partial charge on any atom is -0.381 e. The zero-order valence-electron chi connectivity index (χ0n) is 10.9. The number of ether oxygens (including phenoxy) is 1. The Kier molecular flexibility index (Phi) is 4.22. The first-order valence-corrected chi connectivity index (χ1v) is 6.74. The first-order valence-electron chi connectivity index (χ1n) is 6.74. The maximum atomic E-state index is 5.49. The lowest BCUT2D eigenvalue weighted by atomic mass is 9.99. The lowest BCUT2D eigenvalue weighted by Gasteiger charge is -2.28. The summed E-state index contributed by atoms with van der Waals surface area (Å²) in [6, 6.07) is 2.00. The van der Waals surface area contributed by atoms with Gasteiger partial charge in [0, 0.05) is 37.8 Å². The van der Waals surface area contributed by atoms with Gasteiger partial charge in [0.25, 0.3) is 0 Å². The molecule has 0 amide bonds. The van der Waals surface area contributed by atoms with Gasteiger partial charge in [-0.3, -0.25) is 4.90 Å². The Hall–Kier alpha value is -0.120. The first-order chi connectivity index (χ1) is 7.66. The number of nitrogens with zero attached hydrogens (tertiary/aromatic N) is 1. The van der Waals surface area contributed by atoms with Crippen molar-refractivity contribution >= 4 is 0 Å². The molecule has 0 aliphatic carbocycles. The van der Waals surface area contributed by atoms with Gasteiger partial charge in [-0.1, -0.05) is 13.8 Å². The molecule has 2 aliphatic rings. The van der Waals surface area contributed by atoms with Crippen LogP contribution in [0, 0.1) is 5.92 Å². The Labute approximate surface area is 99.5 Å². The zero-order valence-corrected chi connectivity index (χ0v) is 10.9. The van der Waals surface area contributed by atoms with E-state index in [0.717, 1.165) is 19.1 Å². The Morgan fingerprint density at radius 3 is 2.69 bits per heavy atom. The molecule has 1 N–H and O–H groups in total. The van der Waals surface area contributed by atoms with Crippen LogP contribution in [0.4, 0.5) is 0 Å². The van der Waals surface area contributed by atoms with Gasteiger partial charge in [0.2, 0.25) is 0 Å². The summed E-state index contributed by atoms with van der Waals surface area (Å²) in [4.78, 5) is 2.64. The van der Waals surface area contributed by atoms with Crippen LogP contribution >= 0.6 is 0 Å². The fourth-order valence-corrected chi connectivity index (χ4v) is 3.00. The largest absolute Gasteiger partial charge is 0.381 e. The predicted octanol–water partition coefficient (Wildman–Crippen LogP) is 1.48. The van der Waals surface area contributed by atoms with Crippen molar-refractivity contribution in [1.29, 1.82) is 0 Å². The minimum atomic E-state index is 0.607. The van der Waals surface area contributed by atoms with Gasteiger partial charge in [0.05, 0.1) is 6.61 Å². The summed E-state index contributed by atoms with van der Waals surface area (Å²) in [6.45, 7) is 11.2. The van der Waals surface area contributed by atoms with Crippen molar-refractivity contribution in [2.75, 3.05) is 26.3 Å². The van der Waals surface area contributed by atoms with E-state index in [1.807, 2.05) is 0 Å². The molecule has 2 aliphatic heterocycles. The summed E-state index contributed by atoms with van der Waals surface area (Å²) in [5.74, 6) is 0.762. The van der Waals surface area contributed by atoms with E-state index >= 15 is 0 Å². The fourth-order valence-electron chi connectivity index (χ4n) is 3.00. The summed E-state index contributed by atoms with van der Waals surface area (Å²) in [6.07, 6.45) is 2.55. The molecule has 3 nitrogen and oxygen atoms in total. The van der Waals surface area contributed by atoms with E-state index in [1.165, 1.54) is 25.9 Å². The molecule has 3 unspecified atom stereocenters. The minimum absolute atomic E-state index is 0.607. The highest BCUT2D eigenvalue weighted by Crippen LogP contribution is 2.24. The third-order valence-corrected chi connectivity index (χ3v) is 4.01. The lowest BCUT2D eigenvalue weighted by molar-refractivity contribution is 0.143. The van der Waals surface area contributed by atoms with Crippen LogP contribution in [0.25, 0.3) is 0 Å². The molecular weight excluding hydrogens is 200 g/mol. The van der Waals surface area contributed by atoms with E-state index in [-0.39, 0.29) is 0 Å². The second-order valence-corrected chi connectivity index (χ2v) is 5.67. The van der Waals surface area contributed by atoms with E-state index in [2.05, 4.69) is 31.0 Å². The molecule has 94 valence electrons. The van der Waals surface area contributed by atoms with Gasteiger partial charge < -0.3 is 10.1 Å². The number of hydrogen-bond donors (Lipinski definition) is 1. The predicted molar refractivity (Wildman–Crippen MR) is 66.6 cm³/mol. The molecule has 2 rings (SSSR count). The molecule has 0 aromatic rings. The van der Waals surface area contributed by atoms with Crippen molar-refractivity contribution in [1.82, 2.24) is 10.2 Å². The Morgan fingerprint density at radius 1 is 1.25 bits per heavy atom. The first kappa shape index (κ1) is 12.3. The summed E-state index contributed by atoms with van der Waals surface area (Å²) in [5, 5.41) is 3.64. The highest BCUT2D eigenvalue weighted by molar-refractivity contribution is 4.88. The maximum Gasteiger partial charge on any atom is 0.0509 e. The molecule has 0 saturated carbocycles. The van der Waals surface area contributed by atoms with Crippen molar-refractivity contribution in [3.05, 3.63) is 0 Å². The van der Waals surface area contributed by atoms with E-state index in [9.17, 15) is 0 Å². The molecule has 2 fully saturated rings. The van der Waals surface area contributed by atoms with Gasteiger partial charge in [0.1, 0.15) is 0 Å². The Morgan fingerprint density at radius 2 is 2.06 bits per heavy atom. The maximum absolute atomic E-state index is 5.49. The number of nitrogens with one attached hydrogen (secondary N) is 1. The Bertz CT molecular complexity index is 214. The third-order valence-electron chi connectivity index (χ3n) is 4.01. The van der Waals surface area contributed by atoms with E-state index in [1.54, 1.807) is 0 Å². The summed E-state index contributed by atoms with van der Waals surface area (Å²) >= 11 is 0. The van der Waals surface area contributed by atoms with Crippen LogP contribution < -0.4 is 5.32 Å². The van der Waals surface area contributed by atoms with Crippen LogP contribution in [-0.4, -0.2) is 49.3 Å². The molecular formula is C13H26N2O. The average molecular weight is 226 g/mol. The van der Waals surface area contributed by atoms with Crippen molar-refractivity contribution < 1.29 is 4.74 Å². The van der Waals surface area contributed by atoms with Gasteiger partial charge in [0.15, 0.2) is 0 Å². The molecule has 2 saturated heterocycles. The fraction of sp³-hybridized carbons (Fsp3) is 1.00. The molecule has 0 spiro atoms. The summed E-state index contributed by atoms with van der Waals surface area (Å²) in [5.41, 5.74) is 0. The van der Waals surface area contributed by atoms with Crippen molar-refractivity contribution in [3.8, 4) is 0 Å². The van der Waals surface area contributed by atoms with Gasteiger partial charge >= 0.3 is 0 Å². The van der Waals surface area contributed by atoms with Crippen LogP contribution in [0.15, 0.2) is 0 Å². The van der Waals surface area contributed by atoms with E-state index in [0.29, 0.717) is 18.1 Å². The second kappa shape index (κ2) is 5.48. The van der Waals surface area contributed by atoms with Gasteiger partial charge in [-0.25, -0.2) is 0 Å². The molecule has 3 heteroatoms. The number of rotatable bonds is 4. The quantitative estimate of drug-likeness (QED) is 0.786. The topological polar surface area (TPSA) is 24.5 Å². The van der Waals surface area contributed by atoms with Crippen molar-refractivity contribution in [2.24, 2.45) is 5.92 Å². The molecule has 0 aromatic heterocycles. The molecule has 0 aromatic carbocycles. The molecule has 16 heavy (non-hydrogen) atoms. The molecule has 0 radical (unpaired) electrons. The smallest absolute Gasteiger partial charge is 0.0509 e. The van der Waals surface area contributed by atoms with E-state index in [4.69, 9.17) is 4.74 Å². The van der Waals surface area contributed by atoms with Crippen LogP contribution in [0.1, 0.15) is 33.6 Å². The highest BCUT2D eigenvalue weighted by atomic mass is 16.5. The molecule has 2 heterocycles. The van der Waals surface area contributed by atoms with Crippen LogP contribution in [0.3, 0.4) is 0 Å². The monoisotopic (exact) mass is 226 g/mol. The molecule has 0 bridgehead atoms. The normalized spacial score (nSPS) is 33.8. The number of hydrogen-bond acceptors (Lipinski definition) is 3. The van der Waals surface area contributed by atoms with Crippen LogP contribution in [0.2, 0.25) is 0 Å². The van der Waals surface area contributed by atoms with Crippen LogP contribution in [-0.2, 0) is 4.74 Å².